The van der Waals surface area contributed by atoms with Crippen LogP contribution in [0.4, 0.5) is 0 Å². The molecule has 8 nitrogen and oxygen atoms in total. The second-order valence-electron chi connectivity index (χ2n) is 9.20. The molecule has 8 heteroatoms. The van der Waals surface area contributed by atoms with Gasteiger partial charge in [0.1, 0.15) is 17.6 Å². The Morgan fingerprint density at radius 3 is 2.77 bits per heavy atom. The van der Waals surface area contributed by atoms with Gasteiger partial charge in [-0.05, 0) is 48.7 Å². The molecular weight excluding hydrogens is 442 g/mol. The number of aryl methyl sites for hydroxylation is 1. The molecule has 3 aromatic rings. The predicted molar refractivity (Wildman–Crippen MR) is 132 cm³/mol. The number of aromatic nitrogens is 2. The molecule has 0 bridgehead atoms. The number of amides is 1. The smallest absolute Gasteiger partial charge is 0.259 e. The van der Waals surface area contributed by atoms with Gasteiger partial charge in [-0.3, -0.25) is 4.79 Å². The zero-order chi connectivity index (χ0) is 25.2. The first-order chi connectivity index (χ1) is 16.7. The third-order valence-electron chi connectivity index (χ3n) is 6.65. The van der Waals surface area contributed by atoms with Crippen molar-refractivity contribution in [2.75, 3.05) is 20.2 Å². The van der Waals surface area contributed by atoms with E-state index in [0.29, 0.717) is 36.6 Å². The number of nitrogens with zero attached hydrogens (tertiary/aromatic N) is 4. The van der Waals surface area contributed by atoms with E-state index in [0.717, 1.165) is 23.2 Å². The Morgan fingerprint density at radius 2 is 2.09 bits per heavy atom. The summed E-state index contributed by atoms with van der Waals surface area (Å²) in [6, 6.07) is 14.9. The molecule has 2 unspecified atom stereocenters. The summed E-state index contributed by atoms with van der Waals surface area (Å²) in [5, 5.41) is 9.71. The third kappa shape index (κ3) is 4.41. The standard InChI is InChI=1S/C27H31N5O3/c1-5-11-27(25(33)31(3)12-13-34-27)21-7-6-8-22(14-21)35-23-15-20(10-9-19(23)16-28)26(2,29)24-17-30-18-32(24)4/h6-10,14-15,17-18H,5,11-13,29H2,1-4H3. The highest BCUT2D eigenvalue weighted by Crippen LogP contribution is 2.38. The molecule has 1 amide bonds. The van der Waals surface area contributed by atoms with Gasteiger partial charge in [0.2, 0.25) is 0 Å². The molecule has 1 fully saturated rings. The van der Waals surface area contributed by atoms with Crippen LogP contribution in [0.2, 0.25) is 0 Å². The number of ether oxygens (including phenoxy) is 2. The number of likely N-dealkylation sites (N-methyl/N-ethyl adjacent to an activating group) is 1. The van der Waals surface area contributed by atoms with Crippen LogP contribution in [0.15, 0.2) is 55.0 Å². The van der Waals surface area contributed by atoms with Crippen molar-refractivity contribution in [1.29, 1.82) is 5.26 Å². The molecule has 0 saturated carbocycles. The quantitative estimate of drug-likeness (QED) is 0.560. The molecule has 35 heavy (non-hydrogen) atoms. The Hall–Kier alpha value is -3.67. The Morgan fingerprint density at radius 1 is 1.29 bits per heavy atom. The molecule has 4 rings (SSSR count). The summed E-state index contributed by atoms with van der Waals surface area (Å²) < 4.78 is 14.2. The molecule has 2 aromatic carbocycles. The summed E-state index contributed by atoms with van der Waals surface area (Å²) in [4.78, 5) is 19.1. The molecule has 182 valence electrons. The fourth-order valence-electron chi connectivity index (χ4n) is 4.68. The lowest BCUT2D eigenvalue weighted by atomic mass is 9.86. The van der Waals surface area contributed by atoms with Gasteiger partial charge in [-0.25, -0.2) is 4.98 Å². The maximum Gasteiger partial charge on any atom is 0.259 e. The van der Waals surface area contributed by atoms with Crippen molar-refractivity contribution in [3.05, 3.63) is 77.4 Å². The Labute approximate surface area is 205 Å². The van der Waals surface area contributed by atoms with Gasteiger partial charge in [0.15, 0.2) is 5.60 Å². The minimum atomic E-state index is -1.05. The van der Waals surface area contributed by atoms with Gasteiger partial charge < -0.3 is 24.7 Å². The van der Waals surface area contributed by atoms with E-state index in [4.69, 9.17) is 15.2 Å². The number of rotatable bonds is 7. The minimum absolute atomic E-state index is 0.0578. The second-order valence-corrected chi connectivity index (χ2v) is 9.20. The van der Waals surface area contributed by atoms with Gasteiger partial charge in [-0.2, -0.15) is 5.26 Å². The van der Waals surface area contributed by atoms with E-state index in [9.17, 15) is 10.1 Å². The maximum atomic E-state index is 13.2. The summed E-state index contributed by atoms with van der Waals surface area (Å²) in [6.45, 7) is 4.96. The van der Waals surface area contributed by atoms with E-state index in [2.05, 4.69) is 11.1 Å². The summed E-state index contributed by atoms with van der Waals surface area (Å²) in [5.41, 5.74) is 7.53. The van der Waals surface area contributed by atoms with Crippen LogP contribution in [0.25, 0.3) is 0 Å². The van der Waals surface area contributed by atoms with E-state index in [1.165, 1.54) is 0 Å². The maximum absolute atomic E-state index is 13.2. The van der Waals surface area contributed by atoms with Crippen LogP contribution in [0.3, 0.4) is 0 Å². The van der Waals surface area contributed by atoms with Crippen molar-refractivity contribution in [2.24, 2.45) is 12.8 Å². The number of imidazole rings is 1. The van der Waals surface area contributed by atoms with Gasteiger partial charge in [0, 0.05) is 20.6 Å². The molecule has 1 aliphatic heterocycles. The fraction of sp³-hybridized carbons (Fsp3) is 0.370. The van der Waals surface area contributed by atoms with Crippen molar-refractivity contribution >= 4 is 5.91 Å². The van der Waals surface area contributed by atoms with Crippen molar-refractivity contribution in [2.45, 2.75) is 37.8 Å². The zero-order valence-electron chi connectivity index (χ0n) is 20.6. The van der Waals surface area contributed by atoms with Crippen LogP contribution in [-0.4, -0.2) is 40.6 Å². The molecule has 1 saturated heterocycles. The Kier molecular flexibility index (Phi) is 6.66. The molecule has 1 aromatic heterocycles. The van der Waals surface area contributed by atoms with E-state index in [-0.39, 0.29) is 5.91 Å². The lowest BCUT2D eigenvalue weighted by Gasteiger charge is -2.40. The van der Waals surface area contributed by atoms with Crippen molar-refractivity contribution in [1.82, 2.24) is 14.5 Å². The van der Waals surface area contributed by atoms with Gasteiger partial charge >= 0.3 is 0 Å². The summed E-state index contributed by atoms with van der Waals surface area (Å²) >= 11 is 0. The number of nitriles is 1. The predicted octanol–water partition coefficient (Wildman–Crippen LogP) is 3.79. The Balaban J connectivity index is 1.72. The highest BCUT2D eigenvalue weighted by Gasteiger charge is 2.45. The number of hydrogen-bond acceptors (Lipinski definition) is 6. The van der Waals surface area contributed by atoms with Crippen LogP contribution in [0.5, 0.6) is 11.5 Å². The van der Waals surface area contributed by atoms with Crippen LogP contribution in [0.1, 0.15) is 49.1 Å². The van der Waals surface area contributed by atoms with Crippen molar-refractivity contribution < 1.29 is 14.3 Å². The molecule has 0 aliphatic carbocycles. The van der Waals surface area contributed by atoms with Gasteiger partial charge in [0.05, 0.1) is 35.9 Å². The SMILES string of the molecule is CCCC1(c2cccc(Oc3cc(C(C)(N)c4cncn4C)ccc3C#N)c2)OCCN(C)C1=O. The highest BCUT2D eigenvalue weighted by molar-refractivity contribution is 5.87. The number of hydrogen-bond donors (Lipinski definition) is 1. The average Bonchev–Trinajstić information content (AvgIpc) is 3.29. The molecule has 0 spiro atoms. The van der Waals surface area contributed by atoms with Crippen LogP contribution in [-0.2, 0) is 27.7 Å². The summed E-state index contributed by atoms with van der Waals surface area (Å²) in [6.07, 6.45) is 4.78. The zero-order valence-corrected chi connectivity index (χ0v) is 20.6. The number of nitrogens with two attached hydrogens (primary N) is 1. The first-order valence-corrected chi connectivity index (χ1v) is 11.7. The first-order valence-electron chi connectivity index (χ1n) is 11.7. The molecule has 2 N–H and O–H groups in total. The Bertz CT molecular complexity index is 1270. The van der Waals surface area contributed by atoms with E-state index < -0.39 is 11.1 Å². The average molecular weight is 474 g/mol. The topological polar surface area (TPSA) is 106 Å². The highest BCUT2D eigenvalue weighted by atomic mass is 16.5. The van der Waals surface area contributed by atoms with Gasteiger partial charge in [-0.1, -0.05) is 31.5 Å². The minimum Gasteiger partial charge on any atom is -0.456 e. The molecule has 1 aliphatic rings. The second kappa shape index (κ2) is 9.53. The molecule has 0 radical (unpaired) electrons. The largest absolute Gasteiger partial charge is 0.456 e. The van der Waals surface area contributed by atoms with Crippen LogP contribution >= 0.6 is 0 Å². The molecular formula is C27H31N5O3. The summed E-state index contributed by atoms with van der Waals surface area (Å²) in [5.74, 6) is 0.839. The monoisotopic (exact) mass is 473 g/mol. The van der Waals surface area contributed by atoms with Crippen LogP contribution in [0, 0.1) is 11.3 Å². The van der Waals surface area contributed by atoms with Crippen molar-refractivity contribution in [3.63, 3.8) is 0 Å². The van der Waals surface area contributed by atoms with Gasteiger partial charge in [0.25, 0.3) is 5.91 Å². The van der Waals surface area contributed by atoms with E-state index in [1.807, 2.05) is 49.7 Å². The van der Waals surface area contributed by atoms with Crippen molar-refractivity contribution in [3.8, 4) is 17.6 Å². The first kappa shape index (κ1) is 24.5. The number of carbonyl (C=O) groups excluding carboxylic acids is 1. The number of benzene rings is 2. The number of carbonyl (C=O) groups is 1. The van der Waals surface area contributed by atoms with E-state index >= 15 is 0 Å². The lowest BCUT2D eigenvalue weighted by molar-refractivity contribution is -0.173. The molecule has 2 atom stereocenters. The summed E-state index contributed by atoms with van der Waals surface area (Å²) in [7, 11) is 3.69. The van der Waals surface area contributed by atoms with Gasteiger partial charge in [-0.15, -0.1) is 0 Å². The van der Waals surface area contributed by atoms with E-state index in [1.54, 1.807) is 42.7 Å². The number of morpholine rings is 1. The normalized spacial score (nSPS) is 19.8. The molecule has 2 heterocycles. The fourth-order valence-corrected chi connectivity index (χ4v) is 4.68. The lowest BCUT2D eigenvalue weighted by Crippen LogP contribution is -2.53. The van der Waals surface area contributed by atoms with Crippen LogP contribution < -0.4 is 10.5 Å². The third-order valence-corrected chi connectivity index (χ3v) is 6.65.